The van der Waals surface area contributed by atoms with Gasteiger partial charge in [0, 0.05) is 11.0 Å². The van der Waals surface area contributed by atoms with E-state index in [-0.39, 0.29) is 11.7 Å². The molecule has 1 aromatic carbocycles. The Balaban J connectivity index is 3.21. The topological polar surface area (TPSA) is 51.4 Å². The third-order valence-corrected chi connectivity index (χ3v) is 2.64. The van der Waals surface area contributed by atoms with Gasteiger partial charge in [-0.2, -0.15) is 4.58 Å². The quantitative estimate of drug-likeness (QED) is 0.264. The van der Waals surface area contributed by atoms with Crippen molar-refractivity contribution in [1.29, 1.82) is 0 Å². The van der Waals surface area contributed by atoms with Crippen LogP contribution in [0.25, 0.3) is 0 Å². The first-order chi connectivity index (χ1) is 7.88. The third-order valence-electron chi connectivity index (χ3n) is 2.64. The molecule has 3 heteroatoms. The van der Waals surface area contributed by atoms with Crippen molar-refractivity contribution in [2.24, 2.45) is 5.41 Å². The van der Waals surface area contributed by atoms with E-state index in [1.165, 1.54) is 6.29 Å². The van der Waals surface area contributed by atoms with Crippen molar-refractivity contribution >= 4 is 12.1 Å². The zero-order chi connectivity index (χ0) is 13.1. The highest BCUT2D eigenvalue weighted by atomic mass is 17.1. The summed E-state index contributed by atoms with van der Waals surface area (Å²) >= 11 is 0. The first kappa shape index (κ1) is 13.4. The van der Waals surface area contributed by atoms with E-state index >= 15 is 0 Å². The van der Waals surface area contributed by atoms with E-state index in [9.17, 15) is 10.1 Å². The molecule has 0 bridgehead atoms. The van der Waals surface area contributed by atoms with Gasteiger partial charge in [-0.15, -0.1) is 0 Å². The second-order valence-electron chi connectivity index (χ2n) is 5.19. The van der Waals surface area contributed by atoms with Gasteiger partial charge < -0.3 is 5.26 Å². The summed E-state index contributed by atoms with van der Waals surface area (Å²) in [4.78, 5) is 12.3. The molecule has 0 amide bonds. The van der Waals surface area contributed by atoms with Gasteiger partial charge in [-0.1, -0.05) is 45.0 Å². The first-order valence-electron chi connectivity index (χ1n) is 5.63. The van der Waals surface area contributed by atoms with Gasteiger partial charge in [0.1, 0.15) is 0 Å². The number of ketones is 1. The highest BCUT2D eigenvalue weighted by molar-refractivity contribution is 6.01. The molecule has 0 fully saturated rings. The van der Waals surface area contributed by atoms with Crippen LogP contribution in [0, 0.1) is 5.41 Å². The molecule has 0 aliphatic carbocycles. The Morgan fingerprint density at radius 1 is 1.35 bits per heavy atom. The monoisotopic (exact) mass is 234 g/mol. The largest absolute Gasteiger partial charge is 0.463 e. The van der Waals surface area contributed by atoms with E-state index in [2.05, 4.69) is 4.58 Å². The fraction of sp³-hybridized carbons (Fsp3) is 0.429. The van der Waals surface area contributed by atoms with Crippen LogP contribution in [-0.4, -0.2) is 12.1 Å². The summed E-state index contributed by atoms with van der Waals surface area (Å²) in [6, 6.07) is 7.31. The molecule has 1 rings (SSSR count). The van der Waals surface area contributed by atoms with Crippen LogP contribution in [0.2, 0.25) is 0 Å². The van der Waals surface area contributed by atoms with Crippen LogP contribution in [0.4, 0.5) is 0 Å². The Morgan fingerprint density at radius 3 is 2.47 bits per heavy atom. The van der Waals surface area contributed by atoms with E-state index in [1.54, 1.807) is 6.07 Å². The van der Waals surface area contributed by atoms with Gasteiger partial charge in [-0.25, -0.2) is 0 Å². The summed E-state index contributed by atoms with van der Waals surface area (Å²) in [6.07, 6.45) is 1.19. The second kappa shape index (κ2) is 5.13. The summed E-state index contributed by atoms with van der Waals surface area (Å²) < 4.78 is 3.79. The zero-order valence-electron chi connectivity index (χ0n) is 10.7. The number of carbonyl (C=O) groups excluding carboxylic acids is 2. The van der Waals surface area contributed by atoms with Gasteiger partial charge in [-0.3, -0.25) is 4.79 Å². The van der Waals surface area contributed by atoms with Crippen LogP contribution in [-0.2, 0) is 4.58 Å². The molecule has 3 nitrogen and oxygen atoms in total. The van der Waals surface area contributed by atoms with E-state index in [1.807, 2.05) is 45.9 Å². The summed E-state index contributed by atoms with van der Waals surface area (Å²) in [6.45, 7) is 7.46. The average molecular weight is 234 g/mol. The molecule has 1 unspecified atom stereocenters. The molecule has 0 aliphatic rings. The Morgan fingerprint density at radius 2 is 1.94 bits per heavy atom. The van der Waals surface area contributed by atoms with Gasteiger partial charge in [-0.05, 0) is 12.5 Å². The number of rotatable bonds is 3. The van der Waals surface area contributed by atoms with Crippen LogP contribution in [0.1, 0.15) is 49.5 Å². The maximum atomic E-state index is 12.3. The molecule has 0 radical (unpaired) electrons. The maximum absolute atomic E-state index is 12.3. The van der Waals surface area contributed by atoms with Crippen LogP contribution in [0.15, 0.2) is 24.3 Å². The van der Waals surface area contributed by atoms with Crippen molar-refractivity contribution in [3.8, 4) is 0 Å². The number of hydrogen-bond acceptors (Lipinski definition) is 2. The average Bonchev–Trinajstić information content (AvgIpc) is 2.27. The number of hydrogen-bond donors (Lipinski definition) is 0. The van der Waals surface area contributed by atoms with E-state index < -0.39 is 5.41 Å². The smallest absolute Gasteiger partial charge is 0.325 e. The Kier molecular flexibility index (Phi) is 4.05. The lowest BCUT2D eigenvalue weighted by atomic mass is 9.82. The minimum absolute atomic E-state index is 0.0687. The molecule has 0 aliphatic heterocycles. The number of carbonyl (C=O) groups is 1. The minimum Gasteiger partial charge on any atom is -0.463 e. The zero-order valence-corrected chi connectivity index (χ0v) is 10.7. The van der Waals surface area contributed by atoms with Gasteiger partial charge >= 0.3 is 6.29 Å². The predicted molar refractivity (Wildman–Crippen MR) is 64.7 cm³/mol. The molecular weight excluding hydrogens is 216 g/mol. The lowest BCUT2D eigenvalue weighted by molar-refractivity contribution is -1.04. The van der Waals surface area contributed by atoms with E-state index in [0.29, 0.717) is 5.56 Å². The summed E-state index contributed by atoms with van der Waals surface area (Å²) in [7, 11) is 0. The lowest BCUT2D eigenvalue weighted by Gasteiger charge is -2.19. The maximum Gasteiger partial charge on any atom is 0.325 e. The van der Waals surface area contributed by atoms with Crippen LogP contribution in [0.3, 0.4) is 0 Å². The molecule has 1 atom stereocenters. The number of Topliss-reactive ketones (excluding diaryl/α,β-unsaturated/α-hetero) is 1. The van der Waals surface area contributed by atoms with Crippen LogP contribution in [0.5, 0.6) is 0 Å². The Labute approximate surface area is 102 Å². The van der Waals surface area contributed by atoms with Gasteiger partial charge in [0.05, 0.1) is 5.92 Å². The molecule has 0 heterocycles. The van der Waals surface area contributed by atoms with Crippen molar-refractivity contribution in [3.63, 3.8) is 0 Å². The number of aldehydes is 1. The van der Waals surface area contributed by atoms with Crippen LogP contribution >= 0.6 is 0 Å². The molecule has 0 saturated heterocycles. The van der Waals surface area contributed by atoms with Crippen molar-refractivity contribution < 1.29 is 14.6 Å². The first-order valence-corrected chi connectivity index (χ1v) is 5.63. The molecule has 0 spiro atoms. The summed E-state index contributed by atoms with van der Waals surface area (Å²) in [5.41, 5.74) is 1.04. The normalized spacial score (nSPS) is 13.9. The molecule has 0 aromatic heterocycles. The fourth-order valence-electron chi connectivity index (χ4n) is 1.66. The molecule has 0 saturated carbocycles. The minimum atomic E-state index is -0.436. The standard InChI is InChI=1S/C14H18O3/c1-10(9-17-16)11-7-5-6-8-12(11)13(15)14(2,3)4/h5-10H,1-4H3. The lowest BCUT2D eigenvalue weighted by Crippen LogP contribution is -2.22. The number of benzene rings is 1. The Hall–Kier alpha value is -1.64. The highest BCUT2D eigenvalue weighted by Crippen LogP contribution is 2.26. The molecule has 92 valence electrons. The molecule has 0 N–H and O–H groups in total. The SMILES string of the molecule is CC(C=[O+][O-])c1ccccc1C(=O)C(C)(C)C. The van der Waals surface area contributed by atoms with Crippen molar-refractivity contribution in [2.45, 2.75) is 33.6 Å². The van der Waals surface area contributed by atoms with Crippen LogP contribution < -0.4 is 5.26 Å². The fourth-order valence-corrected chi connectivity index (χ4v) is 1.66. The van der Waals surface area contributed by atoms with Crippen molar-refractivity contribution in [3.05, 3.63) is 35.4 Å². The second-order valence-corrected chi connectivity index (χ2v) is 5.19. The summed E-state index contributed by atoms with van der Waals surface area (Å²) in [5.74, 6) is -0.130. The Bertz CT molecular complexity index is 427. The molecule has 1 aromatic rings. The molecular formula is C14H18O3. The van der Waals surface area contributed by atoms with Crippen molar-refractivity contribution in [1.82, 2.24) is 0 Å². The van der Waals surface area contributed by atoms with Gasteiger partial charge in [0.15, 0.2) is 5.78 Å². The van der Waals surface area contributed by atoms with Gasteiger partial charge in [0.25, 0.3) is 0 Å². The predicted octanol–water partition coefficient (Wildman–Crippen LogP) is 2.03. The molecule has 17 heavy (non-hydrogen) atoms. The summed E-state index contributed by atoms with van der Waals surface area (Å²) in [5, 5.41) is 10.2. The van der Waals surface area contributed by atoms with Gasteiger partial charge in [0.2, 0.25) is 0 Å². The third kappa shape index (κ3) is 3.16. The van der Waals surface area contributed by atoms with E-state index in [4.69, 9.17) is 0 Å². The van der Waals surface area contributed by atoms with E-state index in [0.717, 1.165) is 5.56 Å². The van der Waals surface area contributed by atoms with Crippen molar-refractivity contribution in [2.75, 3.05) is 0 Å². The highest BCUT2D eigenvalue weighted by Gasteiger charge is 2.26.